The minimum absolute atomic E-state index is 0.00875. The summed E-state index contributed by atoms with van der Waals surface area (Å²) in [5.41, 5.74) is 0.0476. The molecular weight excluding hydrogens is 838 g/mol. The van der Waals surface area contributed by atoms with Gasteiger partial charge in [0.1, 0.15) is 23.4 Å². The van der Waals surface area contributed by atoms with E-state index in [1.807, 2.05) is 41.1 Å². The Balaban J connectivity index is 1.00. The van der Waals surface area contributed by atoms with Gasteiger partial charge < -0.3 is 44.1 Å². The molecule has 1 atom stereocenters. The zero-order valence-electron chi connectivity index (χ0n) is 35.5. The largest absolute Gasteiger partial charge is 0.506 e. The Morgan fingerprint density at radius 1 is 1.02 bits per heavy atom. The molecule has 15 heteroatoms. The van der Waals surface area contributed by atoms with Crippen molar-refractivity contribution in [2.24, 2.45) is 0 Å². The van der Waals surface area contributed by atoms with Crippen LogP contribution < -0.4 is 20.3 Å². The van der Waals surface area contributed by atoms with Crippen LogP contribution >= 0.6 is 34.3 Å². The number of fused-ring (bicyclic) bond motifs is 1. The fourth-order valence-electron chi connectivity index (χ4n) is 7.45. The quantitative estimate of drug-likeness (QED) is 0.0382. The van der Waals surface area contributed by atoms with Crippen molar-refractivity contribution in [1.29, 1.82) is 0 Å². The number of aromatic amines is 1. The number of aliphatic hydroxyl groups is 1. The number of carbonyl (C=O) groups excluding carboxylic acids is 1. The van der Waals surface area contributed by atoms with E-state index in [0.29, 0.717) is 57.5 Å². The first kappa shape index (κ1) is 45.8. The fourth-order valence-corrected chi connectivity index (χ4v) is 10.7. The highest BCUT2D eigenvalue weighted by molar-refractivity contribution is 7.12. The number of phenolic OH excluding ortho intramolecular Hbond substituents is 1. The molecule has 5 aromatic rings. The van der Waals surface area contributed by atoms with Crippen LogP contribution in [0.2, 0.25) is 23.2 Å². The monoisotopic (exact) mass is 895 g/mol. The van der Waals surface area contributed by atoms with Crippen LogP contribution in [0.5, 0.6) is 17.2 Å². The van der Waals surface area contributed by atoms with Crippen LogP contribution in [0.15, 0.2) is 76.2 Å². The minimum atomic E-state index is -2.25. The van der Waals surface area contributed by atoms with E-state index in [1.54, 1.807) is 31.4 Å². The molecular formula is C45H58ClN3O8S2Si. The number of aromatic hydroxyl groups is 1. The molecule has 0 spiro atoms. The van der Waals surface area contributed by atoms with Crippen LogP contribution in [0.25, 0.3) is 10.9 Å². The highest BCUT2D eigenvalue weighted by Crippen LogP contribution is 2.42. The van der Waals surface area contributed by atoms with Gasteiger partial charge in [-0.25, -0.2) is 4.79 Å². The fraction of sp³-hybridized carbons (Fsp3) is 0.467. The Morgan fingerprint density at radius 2 is 1.70 bits per heavy atom. The Hall–Kier alpha value is -3.73. The maximum absolute atomic E-state index is 13.4. The molecule has 6 rings (SSSR count). The summed E-state index contributed by atoms with van der Waals surface area (Å²) in [7, 11) is 1.49. The van der Waals surface area contributed by atoms with Crippen molar-refractivity contribution < 1.29 is 33.6 Å². The van der Waals surface area contributed by atoms with Gasteiger partial charge in [-0.15, -0.1) is 22.7 Å². The van der Waals surface area contributed by atoms with E-state index in [9.17, 15) is 19.8 Å². The summed E-state index contributed by atoms with van der Waals surface area (Å²) in [6.45, 7) is 13.2. The van der Waals surface area contributed by atoms with Crippen molar-refractivity contribution in [2.45, 2.75) is 101 Å². The lowest BCUT2D eigenvalue weighted by Gasteiger charge is -2.39. The molecule has 0 bridgehead atoms. The Labute approximate surface area is 366 Å². The van der Waals surface area contributed by atoms with Gasteiger partial charge in [-0.1, -0.05) is 50.6 Å². The zero-order valence-corrected chi connectivity index (χ0v) is 38.9. The van der Waals surface area contributed by atoms with Crippen LogP contribution in [0.4, 0.5) is 0 Å². The minimum Gasteiger partial charge on any atom is -0.506 e. The first-order valence-electron chi connectivity index (χ1n) is 20.5. The Kier molecular flexibility index (Phi) is 14.9. The Bertz CT molecular complexity index is 2220. The lowest BCUT2D eigenvalue weighted by Crippen LogP contribution is -2.43. The number of pyridine rings is 1. The van der Waals surface area contributed by atoms with E-state index in [4.69, 9.17) is 30.2 Å². The number of hydrogen-bond donors (Lipinski definition) is 4. The summed E-state index contributed by atoms with van der Waals surface area (Å²) in [5, 5.41) is 30.6. The summed E-state index contributed by atoms with van der Waals surface area (Å²) in [6.07, 6.45) is 3.43. The van der Waals surface area contributed by atoms with Gasteiger partial charge in [0.2, 0.25) is 11.2 Å². The average molecular weight is 897 g/mol. The summed E-state index contributed by atoms with van der Waals surface area (Å²) in [5.74, 6) is 0.599. The topological polar surface area (TPSA) is 143 Å². The molecule has 324 valence electrons. The number of nitrogens with zero attached hydrogens (tertiary/aromatic N) is 1. The second kappa shape index (κ2) is 19.5. The molecule has 3 heterocycles. The highest BCUT2D eigenvalue weighted by atomic mass is 35.5. The van der Waals surface area contributed by atoms with Crippen molar-refractivity contribution >= 4 is 59.5 Å². The summed E-state index contributed by atoms with van der Waals surface area (Å²) >= 11 is 9.48. The highest BCUT2D eigenvalue weighted by Gasteiger charge is 2.45. The van der Waals surface area contributed by atoms with Gasteiger partial charge in [0.15, 0.2) is 8.32 Å². The molecule has 0 amide bonds. The average Bonchev–Trinajstić information content (AvgIpc) is 3.96. The third-order valence-electron chi connectivity index (χ3n) is 12.0. The second-order valence-electron chi connectivity index (χ2n) is 17.1. The summed E-state index contributed by atoms with van der Waals surface area (Å²) < 4.78 is 24.9. The van der Waals surface area contributed by atoms with Crippen LogP contribution in [-0.2, 0) is 26.1 Å². The van der Waals surface area contributed by atoms with Gasteiger partial charge in [0.25, 0.3) is 0 Å². The van der Waals surface area contributed by atoms with Gasteiger partial charge in [0, 0.05) is 48.8 Å². The van der Waals surface area contributed by atoms with Crippen molar-refractivity contribution in [3.8, 4) is 17.2 Å². The normalized spacial score (nSPS) is 16.9. The molecule has 60 heavy (non-hydrogen) atoms. The SMILES string of the molecule is COc1cc(OCCCN(C)[C@H]2CC[C@H](OC(=O)C(O)(c3cccs3)c3cccs3)CC2)c(Cl)cc1CNC[C@H](O[Si](C)(C)C(C)(C)C)c1ccc(O)c2[nH]c(=O)ccc12. The molecule has 3 aromatic heterocycles. The number of nitrogens with one attached hydrogen (secondary N) is 2. The predicted octanol–water partition coefficient (Wildman–Crippen LogP) is 9.36. The summed E-state index contributed by atoms with van der Waals surface area (Å²) in [4.78, 5) is 31.8. The molecule has 1 fully saturated rings. The van der Waals surface area contributed by atoms with Gasteiger partial charge in [0.05, 0.1) is 40.1 Å². The third-order valence-corrected chi connectivity index (χ3v) is 18.7. The van der Waals surface area contributed by atoms with E-state index in [0.717, 1.165) is 55.2 Å². The van der Waals surface area contributed by atoms with Gasteiger partial charge in [-0.2, -0.15) is 0 Å². The van der Waals surface area contributed by atoms with Gasteiger partial charge in [-0.3, -0.25) is 4.79 Å². The molecule has 0 aliphatic heterocycles. The standard InChI is InChI=1S/C45H58ClN3O8S2Si/c1-44(2,3)60(6,7)57-38(32-17-19-35(50)42-33(32)18-20-41(51)48-42)28-47-27-29-25-34(46)37(26-36(29)54-5)55-22-10-21-49(4)30-13-15-31(16-14-30)56-43(52)45(53,39-11-8-23-58-39)40-12-9-24-59-40/h8-9,11-12,17-20,23-26,30-31,38,47,50,53H,10,13-16,21-22,27-28H2,1-7H3,(H,48,51)/t30-,31-,38-/m0/s1. The van der Waals surface area contributed by atoms with Crippen molar-refractivity contribution in [1.82, 2.24) is 15.2 Å². The predicted molar refractivity (Wildman–Crippen MR) is 243 cm³/mol. The number of benzene rings is 2. The van der Waals surface area contributed by atoms with E-state index in [1.165, 1.54) is 28.7 Å². The number of thiophene rings is 2. The van der Waals surface area contributed by atoms with Gasteiger partial charge in [-0.05, 0) is 104 Å². The molecule has 0 radical (unpaired) electrons. The molecule has 4 N–H and O–H groups in total. The third kappa shape index (κ3) is 10.5. The van der Waals surface area contributed by atoms with Crippen LogP contribution in [-0.4, -0.2) is 80.4 Å². The number of rotatable bonds is 18. The van der Waals surface area contributed by atoms with Crippen molar-refractivity contribution in [3.63, 3.8) is 0 Å². The van der Waals surface area contributed by atoms with E-state index in [-0.39, 0.29) is 28.6 Å². The second-order valence-corrected chi connectivity index (χ2v) is 24.1. The van der Waals surface area contributed by atoms with Crippen molar-refractivity contribution in [3.05, 3.63) is 108 Å². The molecule has 1 aliphatic carbocycles. The molecule has 0 unspecified atom stereocenters. The number of methoxy groups -OCH3 is 1. The first-order valence-corrected chi connectivity index (χ1v) is 25.5. The van der Waals surface area contributed by atoms with E-state index >= 15 is 0 Å². The lowest BCUT2D eigenvalue weighted by molar-refractivity contribution is -0.169. The summed E-state index contributed by atoms with van der Waals surface area (Å²) in [6, 6.07) is 17.9. The molecule has 2 aromatic carbocycles. The van der Waals surface area contributed by atoms with Crippen LogP contribution in [0.3, 0.4) is 0 Å². The zero-order chi connectivity index (χ0) is 43.2. The molecule has 0 saturated heterocycles. The van der Waals surface area contributed by atoms with E-state index < -0.39 is 19.9 Å². The first-order chi connectivity index (χ1) is 28.5. The molecule has 1 aliphatic rings. The molecule has 11 nitrogen and oxygen atoms in total. The Morgan fingerprint density at radius 3 is 2.32 bits per heavy atom. The number of ether oxygens (including phenoxy) is 3. The number of esters is 1. The number of H-pyrrole nitrogens is 1. The number of carbonyl (C=O) groups is 1. The number of hydrogen-bond acceptors (Lipinski definition) is 12. The number of halogens is 1. The smallest absolute Gasteiger partial charge is 0.349 e. The lowest BCUT2D eigenvalue weighted by atomic mass is 9.91. The maximum Gasteiger partial charge on any atom is 0.349 e. The number of phenols is 1. The number of aromatic nitrogens is 1. The van der Waals surface area contributed by atoms with Crippen LogP contribution in [0.1, 0.15) is 79.9 Å². The van der Waals surface area contributed by atoms with Gasteiger partial charge >= 0.3 is 5.97 Å². The maximum atomic E-state index is 13.4. The van der Waals surface area contributed by atoms with E-state index in [2.05, 4.69) is 56.1 Å². The van der Waals surface area contributed by atoms with Crippen molar-refractivity contribution in [2.75, 3.05) is 33.9 Å². The van der Waals surface area contributed by atoms with Crippen LogP contribution in [0, 0.1) is 0 Å². The molecule has 1 saturated carbocycles.